The van der Waals surface area contributed by atoms with Gasteiger partial charge >= 0.3 is 0 Å². The smallest absolute Gasteiger partial charge is 0.268 e. The highest BCUT2D eigenvalue weighted by atomic mass is 16.1. The van der Waals surface area contributed by atoms with Gasteiger partial charge in [0.15, 0.2) is 0 Å². The third kappa shape index (κ3) is 2.90. The van der Waals surface area contributed by atoms with E-state index in [0.717, 1.165) is 22.6 Å². The molecule has 5 nitrogen and oxygen atoms in total. The average Bonchev–Trinajstić information content (AvgIpc) is 3.10. The SMILES string of the molecule is Cc1nn(-c2ccccc2)c(C)c1CNC(=O)c1cccn1C. The number of aryl methyl sites for hydroxylation is 2. The second kappa shape index (κ2) is 6.12. The molecule has 0 saturated heterocycles. The zero-order chi connectivity index (χ0) is 16.4. The number of para-hydroxylation sites is 1. The number of nitrogens with zero attached hydrogens (tertiary/aromatic N) is 3. The summed E-state index contributed by atoms with van der Waals surface area (Å²) in [5.74, 6) is -0.0799. The van der Waals surface area contributed by atoms with Gasteiger partial charge in [0.05, 0.1) is 11.4 Å². The van der Waals surface area contributed by atoms with Gasteiger partial charge in [0, 0.05) is 31.0 Å². The van der Waals surface area contributed by atoms with Crippen molar-refractivity contribution in [1.29, 1.82) is 0 Å². The van der Waals surface area contributed by atoms with Crippen molar-refractivity contribution in [3.63, 3.8) is 0 Å². The number of nitrogens with one attached hydrogen (secondary N) is 1. The molecule has 0 aliphatic heterocycles. The van der Waals surface area contributed by atoms with Gasteiger partial charge in [-0.25, -0.2) is 4.68 Å². The molecule has 0 fully saturated rings. The van der Waals surface area contributed by atoms with Crippen LogP contribution in [-0.4, -0.2) is 20.3 Å². The molecule has 0 atom stereocenters. The molecule has 0 unspecified atom stereocenters. The number of benzene rings is 1. The zero-order valence-corrected chi connectivity index (χ0v) is 13.6. The number of aromatic nitrogens is 3. The summed E-state index contributed by atoms with van der Waals surface area (Å²) in [5.41, 5.74) is 4.69. The maximum absolute atomic E-state index is 12.2. The second-order valence-electron chi connectivity index (χ2n) is 5.58. The Labute approximate surface area is 135 Å². The predicted octanol–water partition coefficient (Wildman–Crippen LogP) is 2.76. The molecule has 1 aromatic carbocycles. The van der Waals surface area contributed by atoms with Crippen molar-refractivity contribution in [2.24, 2.45) is 7.05 Å². The summed E-state index contributed by atoms with van der Waals surface area (Å²) in [6.07, 6.45) is 1.86. The highest BCUT2D eigenvalue weighted by Gasteiger charge is 2.15. The van der Waals surface area contributed by atoms with Gasteiger partial charge in [0.2, 0.25) is 0 Å². The monoisotopic (exact) mass is 308 g/mol. The maximum atomic E-state index is 12.2. The van der Waals surface area contributed by atoms with Crippen molar-refractivity contribution in [2.45, 2.75) is 20.4 Å². The predicted molar refractivity (Wildman–Crippen MR) is 89.6 cm³/mol. The molecular formula is C18H20N4O. The lowest BCUT2D eigenvalue weighted by Crippen LogP contribution is -2.25. The number of carbonyl (C=O) groups excluding carboxylic acids is 1. The number of hydrogen-bond donors (Lipinski definition) is 1. The van der Waals surface area contributed by atoms with Crippen LogP contribution in [0.15, 0.2) is 48.7 Å². The minimum absolute atomic E-state index is 0.0799. The summed E-state index contributed by atoms with van der Waals surface area (Å²) in [7, 11) is 1.86. The van der Waals surface area contributed by atoms with Crippen LogP contribution in [0, 0.1) is 13.8 Å². The van der Waals surface area contributed by atoms with Crippen molar-refractivity contribution in [1.82, 2.24) is 19.7 Å². The van der Waals surface area contributed by atoms with Gasteiger partial charge < -0.3 is 9.88 Å². The van der Waals surface area contributed by atoms with E-state index >= 15 is 0 Å². The Morgan fingerprint density at radius 1 is 1.13 bits per heavy atom. The number of rotatable bonds is 4. The van der Waals surface area contributed by atoms with Gasteiger partial charge in [0.1, 0.15) is 5.69 Å². The van der Waals surface area contributed by atoms with Crippen molar-refractivity contribution in [3.8, 4) is 5.69 Å². The van der Waals surface area contributed by atoms with E-state index in [1.165, 1.54) is 0 Å². The standard InChI is InChI=1S/C18H20N4O/c1-13-16(12-19-18(23)17-10-7-11-21(17)3)14(2)22(20-13)15-8-5-4-6-9-15/h4-11H,12H2,1-3H3,(H,19,23). The highest BCUT2D eigenvalue weighted by Crippen LogP contribution is 2.17. The first-order valence-corrected chi connectivity index (χ1v) is 7.58. The van der Waals surface area contributed by atoms with Gasteiger partial charge in [-0.05, 0) is 38.1 Å². The molecule has 0 bridgehead atoms. The molecule has 1 N–H and O–H groups in total. The molecule has 118 valence electrons. The van der Waals surface area contributed by atoms with E-state index < -0.39 is 0 Å². The van der Waals surface area contributed by atoms with Crippen molar-refractivity contribution < 1.29 is 4.79 Å². The summed E-state index contributed by atoms with van der Waals surface area (Å²) in [6.45, 7) is 4.46. The van der Waals surface area contributed by atoms with E-state index in [-0.39, 0.29) is 5.91 Å². The lowest BCUT2D eigenvalue weighted by Gasteiger charge is -2.08. The van der Waals surface area contributed by atoms with Crippen LogP contribution in [0.25, 0.3) is 5.69 Å². The van der Waals surface area contributed by atoms with Gasteiger partial charge in [-0.1, -0.05) is 18.2 Å². The van der Waals surface area contributed by atoms with Crippen LogP contribution in [0.4, 0.5) is 0 Å². The average molecular weight is 308 g/mol. The minimum Gasteiger partial charge on any atom is -0.347 e. The third-order valence-corrected chi connectivity index (χ3v) is 4.04. The van der Waals surface area contributed by atoms with Crippen LogP contribution in [0.2, 0.25) is 0 Å². The first kappa shape index (κ1) is 15.1. The minimum atomic E-state index is -0.0799. The summed E-state index contributed by atoms with van der Waals surface area (Å²) < 4.78 is 3.72. The van der Waals surface area contributed by atoms with E-state index in [1.807, 2.05) is 78.8 Å². The second-order valence-corrected chi connectivity index (χ2v) is 5.58. The fourth-order valence-electron chi connectivity index (χ4n) is 2.71. The lowest BCUT2D eigenvalue weighted by molar-refractivity contribution is 0.0942. The molecule has 2 aromatic heterocycles. The van der Waals surface area contributed by atoms with E-state index in [9.17, 15) is 4.79 Å². The maximum Gasteiger partial charge on any atom is 0.268 e. The van der Waals surface area contributed by atoms with Crippen LogP contribution < -0.4 is 5.32 Å². The molecule has 0 radical (unpaired) electrons. The Kier molecular flexibility index (Phi) is 4.02. The fraction of sp³-hybridized carbons (Fsp3) is 0.222. The van der Waals surface area contributed by atoms with E-state index in [0.29, 0.717) is 12.2 Å². The first-order valence-electron chi connectivity index (χ1n) is 7.58. The largest absolute Gasteiger partial charge is 0.347 e. The molecule has 3 aromatic rings. The van der Waals surface area contributed by atoms with Crippen LogP contribution in [0.1, 0.15) is 27.4 Å². The number of amides is 1. The van der Waals surface area contributed by atoms with Gasteiger partial charge in [-0.2, -0.15) is 5.10 Å². The Balaban J connectivity index is 1.80. The fourth-order valence-corrected chi connectivity index (χ4v) is 2.71. The highest BCUT2D eigenvalue weighted by molar-refractivity contribution is 5.92. The first-order chi connectivity index (χ1) is 11.1. The van der Waals surface area contributed by atoms with Crippen LogP contribution in [-0.2, 0) is 13.6 Å². The van der Waals surface area contributed by atoms with Gasteiger partial charge in [-0.15, -0.1) is 0 Å². The lowest BCUT2D eigenvalue weighted by atomic mass is 10.2. The Hall–Kier alpha value is -2.82. The quantitative estimate of drug-likeness (QED) is 0.806. The van der Waals surface area contributed by atoms with Gasteiger partial charge in [0.25, 0.3) is 5.91 Å². The number of carbonyl (C=O) groups is 1. The van der Waals surface area contributed by atoms with E-state index in [1.54, 1.807) is 0 Å². The normalized spacial score (nSPS) is 10.7. The van der Waals surface area contributed by atoms with Crippen molar-refractivity contribution in [2.75, 3.05) is 0 Å². The molecule has 3 rings (SSSR count). The Morgan fingerprint density at radius 3 is 2.52 bits per heavy atom. The van der Waals surface area contributed by atoms with E-state index in [2.05, 4.69) is 10.4 Å². The Morgan fingerprint density at radius 2 is 1.87 bits per heavy atom. The molecule has 0 aliphatic rings. The third-order valence-electron chi connectivity index (χ3n) is 4.04. The molecule has 23 heavy (non-hydrogen) atoms. The molecule has 2 heterocycles. The van der Waals surface area contributed by atoms with Crippen LogP contribution in [0.3, 0.4) is 0 Å². The summed E-state index contributed by atoms with van der Waals surface area (Å²) >= 11 is 0. The Bertz CT molecular complexity index is 830. The molecule has 0 saturated carbocycles. The summed E-state index contributed by atoms with van der Waals surface area (Å²) in [4.78, 5) is 12.2. The van der Waals surface area contributed by atoms with Gasteiger partial charge in [-0.3, -0.25) is 4.79 Å². The van der Waals surface area contributed by atoms with Crippen molar-refractivity contribution >= 4 is 5.91 Å². The van der Waals surface area contributed by atoms with Crippen LogP contribution in [0.5, 0.6) is 0 Å². The molecule has 1 amide bonds. The summed E-state index contributed by atoms with van der Waals surface area (Å²) in [5, 5.41) is 7.57. The zero-order valence-electron chi connectivity index (χ0n) is 13.6. The molecule has 0 aliphatic carbocycles. The molecule has 0 spiro atoms. The molecular weight excluding hydrogens is 288 g/mol. The van der Waals surface area contributed by atoms with Crippen molar-refractivity contribution in [3.05, 3.63) is 71.3 Å². The van der Waals surface area contributed by atoms with E-state index in [4.69, 9.17) is 0 Å². The van der Waals surface area contributed by atoms with Crippen LogP contribution >= 0.6 is 0 Å². The summed E-state index contributed by atoms with van der Waals surface area (Å²) in [6, 6.07) is 13.7. The number of hydrogen-bond acceptors (Lipinski definition) is 2. The molecule has 5 heteroatoms. The topological polar surface area (TPSA) is 51.9 Å².